The first-order chi connectivity index (χ1) is 9.13. The van der Waals surface area contributed by atoms with Gasteiger partial charge in [0.05, 0.1) is 13.2 Å². The van der Waals surface area contributed by atoms with Gasteiger partial charge in [0.25, 0.3) is 0 Å². The van der Waals surface area contributed by atoms with Gasteiger partial charge in [0.15, 0.2) is 0 Å². The van der Waals surface area contributed by atoms with Crippen LogP contribution in [0.25, 0.3) is 0 Å². The molecule has 2 N–H and O–H groups in total. The molecule has 0 spiro atoms. The van der Waals surface area contributed by atoms with Gasteiger partial charge in [0.2, 0.25) is 0 Å². The van der Waals surface area contributed by atoms with E-state index in [0.29, 0.717) is 13.2 Å². The van der Waals surface area contributed by atoms with Crippen molar-refractivity contribution >= 4 is 5.69 Å². The highest BCUT2D eigenvalue weighted by molar-refractivity contribution is 5.48. The molecule has 108 valence electrons. The SMILES string of the molecule is CCC(C)(CO)CNc1cccc(OCCOC)c1. The number of anilines is 1. The fourth-order valence-corrected chi connectivity index (χ4v) is 1.55. The van der Waals surface area contributed by atoms with Crippen molar-refractivity contribution in [3.8, 4) is 5.75 Å². The normalized spacial score (nSPS) is 13.9. The highest BCUT2D eigenvalue weighted by Crippen LogP contribution is 2.23. The second-order valence-electron chi connectivity index (χ2n) is 5.04. The van der Waals surface area contributed by atoms with Crippen molar-refractivity contribution in [2.75, 3.05) is 38.8 Å². The largest absolute Gasteiger partial charge is 0.491 e. The minimum atomic E-state index is -0.0904. The molecule has 0 aromatic heterocycles. The number of benzene rings is 1. The van der Waals surface area contributed by atoms with Crippen LogP contribution < -0.4 is 10.1 Å². The molecule has 0 amide bonds. The highest BCUT2D eigenvalue weighted by atomic mass is 16.5. The molecule has 0 aliphatic heterocycles. The number of hydrogen-bond donors (Lipinski definition) is 2. The van der Waals surface area contributed by atoms with Crippen LogP contribution in [0.5, 0.6) is 5.75 Å². The van der Waals surface area contributed by atoms with Gasteiger partial charge >= 0.3 is 0 Å². The Kier molecular flexibility index (Phi) is 6.67. The van der Waals surface area contributed by atoms with Gasteiger partial charge in [-0.1, -0.05) is 19.9 Å². The van der Waals surface area contributed by atoms with E-state index in [0.717, 1.165) is 24.4 Å². The topological polar surface area (TPSA) is 50.7 Å². The van der Waals surface area contributed by atoms with Crippen molar-refractivity contribution in [1.82, 2.24) is 0 Å². The maximum atomic E-state index is 9.38. The van der Waals surface area contributed by atoms with Gasteiger partial charge in [-0.05, 0) is 18.6 Å². The van der Waals surface area contributed by atoms with Crippen molar-refractivity contribution in [1.29, 1.82) is 0 Å². The van der Waals surface area contributed by atoms with Gasteiger partial charge < -0.3 is 19.9 Å². The van der Waals surface area contributed by atoms with Crippen LogP contribution in [0, 0.1) is 5.41 Å². The van der Waals surface area contributed by atoms with Crippen LogP contribution >= 0.6 is 0 Å². The van der Waals surface area contributed by atoms with Crippen molar-refractivity contribution in [3.63, 3.8) is 0 Å². The molecule has 0 heterocycles. The molecule has 0 bridgehead atoms. The highest BCUT2D eigenvalue weighted by Gasteiger charge is 2.20. The summed E-state index contributed by atoms with van der Waals surface area (Å²) in [6.45, 7) is 6.20. The molecule has 0 aliphatic carbocycles. The fraction of sp³-hybridized carbons (Fsp3) is 0.600. The van der Waals surface area contributed by atoms with E-state index >= 15 is 0 Å². The fourth-order valence-electron chi connectivity index (χ4n) is 1.55. The summed E-state index contributed by atoms with van der Waals surface area (Å²) >= 11 is 0. The summed E-state index contributed by atoms with van der Waals surface area (Å²) in [4.78, 5) is 0. The summed E-state index contributed by atoms with van der Waals surface area (Å²) in [5, 5.41) is 12.7. The Morgan fingerprint density at radius 3 is 2.74 bits per heavy atom. The number of ether oxygens (including phenoxy) is 2. The van der Waals surface area contributed by atoms with E-state index < -0.39 is 0 Å². The van der Waals surface area contributed by atoms with E-state index in [1.807, 2.05) is 24.3 Å². The average molecular weight is 267 g/mol. The molecule has 0 aliphatic rings. The van der Waals surface area contributed by atoms with Crippen LogP contribution in [0.4, 0.5) is 5.69 Å². The number of hydrogen-bond acceptors (Lipinski definition) is 4. The summed E-state index contributed by atoms with van der Waals surface area (Å²) in [6, 6.07) is 7.83. The second-order valence-corrected chi connectivity index (χ2v) is 5.04. The van der Waals surface area contributed by atoms with E-state index in [1.54, 1.807) is 7.11 Å². The average Bonchev–Trinajstić information content (AvgIpc) is 2.46. The Hall–Kier alpha value is -1.26. The second kappa shape index (κ2) is 8.02. The molecular formula is C15H25NO3. The third-order valence-corrected chi connectivity index (χ3v) is 3.34. The predicted molar refractivity (Wildman–Crippen MR) is 77.8 cm³/mol. The minimum Gasteiger partial charge on any atom is -0.491 e. The first kappa shape index (κ1) is 15.8. The molecule has 0 fully saturated rings. The molecule has 4 nitrogen and oxygen atoms in total. The summed E-state index contributed by atoms with van der Waals surface area (Å²) in [5.41, 5.74) is 0.912. The first-order valence-corrected chi connectivity index (χ1v) is 6.70. The maximum Gasteiger partial charge on any atom is 0.121 e. The van der Waals surface area contributed by atoms with Gasteiger partial charge in [-0.3, -0.25) is 0 Å². The Morgan fingerprint density at radius 2 is 2.11 bits per heavy atom. The summed E-state index contributed by atoms with van der Waals surface area (Å²) in [7, 11) is 1.65. The smallest absolute Gasteiger partial charge is 0.121 e. The van der Waals surface area contributed by atoms with E-state index in [2.05, 4.69) is 19.2 Å². The minimum absolute atomic E-state index is 0.0904. The summed E-state index contributed by atoms with van der Waals surface area (Å²) < 4.78 is 10.5. The molecule has 0 saturated heterocycles. The molecule has 4 heteroatoms. The molecular weight excluding hydrogens is 242 g/mol. The summed E-state index contributed by atoms with van der Waals surface area (Å²) in [6.07, 6.45) is 0.931. The molecule has 1 rings (SSSR count). The number of nitrogens with one attached hydrogen (secondary N) is 1. The van der Waals surface area contributed by atoms with Crippen molar-refractivity contribution in [2.24, 2.45) is 5.41 Å². The summed E-state index contributed by atoms with van der Waals surface area (Å²) in [5.74, 6) is 0.823. The molecule has 1 aromatic rings. The van der Waals surface area contributed by atoms with E-state index in [9.17, 15) is 5.11 Å². The maximum absolute atomic E-state index is 9.38. The lowest BCUT2D eigenvalue weighted by atomic mass is 9.88. The molecule has 19 heavy (non-hydrogen) atoms. The first-order valence-electron chi connectivity index (χ1n) is 6.70. The molecule has 1 unspecified atom stereocenters. The lowest BCUT2D eigenvalue weighted by Crippen LogP contribution is -2.29. The van der Waals surface area contributed by atoms with Crippen LogP contribution in [0.1, 0.15) is 20.3 Å². The zero-order valence-electron chi connectivity index (χ0n) is 12.1. The van der Waals surface area contributed by atoms with Crippen molar-refractivity contribution < 1.29 is 14.6 Å². The molecule has 1 aromatic carbocycles. The van der Waals surface area contributed by atoms with Crippen LogP contribution in [-0.2, 0) is 4.74 Å². The Balaban J connectivity index is 2.52. The van der Waals surface area contributed by atoms with Gasteiger partial charge in [0.1, 0.15) is 12.4 Å². The van der Waals surface area contributed by atoms with E-state index in [1.165, 1.54) is 0 Å². The van der Waals surface area contributed by atoms with Crippen LogP contribution in [0.2, 0.25) is 0 Å². The number of aliphatic hydroxyl groups is 1. The van der Waals surface area contributed by atoms with Crippen LogP contribution in [0.15, 0.2) is 24.3 Å². The third-order valence-electron chi connectivity index (χ3n) is 3.34. The standard InChI is InChI=1S/C15H25NO3/c1-4-15(2,12-17)11-16-13-6-5-7-14(10-13)19-9-8-18-3/h5-7,10,16-17H,4,8-9,11-12H2,1-3H3. The van der Waals surface area contributed by atoms with Crippen molar-refractivity contribution in [3.05, 3.63) is 24.3 Å². The lowest BCUT2D eigenvalue weighted by Gasteiger charge is -2.26. The molecule has 0 saturated carbocycles. The molecule has 1 atom stereocenters. The zero-order chi connectivity index (χ0) is 14.1. The van der Waals surface area contributed by atoms with Crippen LogP contribution in [0.3, 0.4) is 0 Å². The van der Waals surface area contributed by atoms with Gasteiger partial charge in [-0.2, -0.15) is 0 Å². The molecule has 0 radical (unpaired) electrons. The monoisotopic (exact) mass is 267 g/mol. The van der Waals surface area contributed by atoms with Gasteiger partial charge in [0, 0.05) is 30.8 Å². The van der Waals surface area contributed by atoms with E-state index in [-0.39, 0.29) is 12.0 Å². The number of rotatable bonds is 9. The lowest BCUT2D eigenvalue weighted by molar-refractivity contribution is 0.146. The Labute approximate surface area is 115 Å². The van der Waals surface area contributed by atoms with Crippen LogP contribution in [-0.4, -0.2) is 38.6 Å². The van der Waals surface area contributed by atoms with Gasteiger partial charge in [-0.15, -0.1) is 0 Å². The number of aliphatic hydroxyl groups excluding tert-OH is 1. The van der Waals surface area contributed by atoms with Crippen molar-refractivity contribution in [2.45, 2.75) is 20.3 Å². The van der Waals surface area contributed by atoms with E-state index in [4.69, 9.17) is 9.47 Å². The predicted octanol–water partition coefficient (Wildman–Crippen LogP) is 2.53. The third kappa shape index (κ3) is 5.49. The van der Waals surface area contributed by atoms with Gasteiger partial charge in [-0.25, -0.2) is 0 Å². The Morgan fingerprint density at radius 1 is 1.32 bits per heavy atom. The zero-order valence-corrected chi connectivity index (χ0v) is 12.1. The number of methoxy groups -OCH3 is 1. The quantitative estimate of drug-likeness (QED) is 0.675. The Bertz CT molecular complexity index is 364.